The Hall–Kier alpha value is -2.28. The van der Waals surface area contributed by atoms with E-state index in [2.05, 4.69) is 38.8 Å². The molecule has 2 aromatic carbocycles. The van der Waals surface area contributed by atoms with Gasteiger partial charge in [-0.25, -0.2) is 0 Å². The van der Waals surface area contributed by atoms with Crippen molar-refractivity contribution in [2.24, 2.45) is 5.73 Å². The van der Waals surface area contributed by atoms with Crippen molar-refractivity contribution >= 4 is 23.9 Å². The molecule has 0 atom stereocenters. The van der Waals surface area contributed by atoms with E-state index in [4.69, 9.17) is 5.73 Å². The Morgan fingerprint density at radius 2 is 1.74 bits per heavy atom. The summed E-state index contributed by atoms with van der Waals surface area (Å²) in [6.07, 6.45) is 4.14. The minimum atomic E-state index is 0.748. The van der Waals surface area contributed by atoms with Gasteiger partial charge in [0.05, 0.1) is 0 Å². The lowest BCUT2D eigenvalue weighted by atomic mass is 9.93. The van der Waals surface area contributed by atoms with Crippen molar-refractivity contribution in [1.82, 2.24) is 0 Å². The summed E-state index contributed by atoms with van der Waals surface area (Å²) in [4.78, 5) is 0. The minimum Gasteiger partial charge on any atom is -0.404 e. The number of fused-ring (bicyclic) bond motifs is 1. The molecular formula is C18H19N. The fraction of sp³-hybridized carbons (Fsp3) is 0.111. The van der Waals surface area contributed by atoms with Crippen LogP contribution in [0.1, 0.15) is 11.1 Å². The van der Waals surface area contributed by atoms with Crippen molar-refractivity contribution in [3.63, 3.8) is 0 Å². The van der Waals surface area contributed by atoms with Crippen LogP contribution in [0.5, 0.6) is 0 Å². The molecule has 0 fully saturated rings. The second kappa shape index (κ2) is 5.15. The van der Waals surface area contributed by atoms with Crippen molar-refractivity contribution in [2.45, 2.75) is 13.3 Å². The molecule has 0 unspecified atom stereocenters. The molecule has 0 aliphatic rings. The van der Waals surface area contributed by atoms with Crippen molar-refractivity contribution in [2.75, 3.05) is 0 Å². The number of hydrogen-bond donors (Lipinski definition) is 1. The maximum atomic E-state index is 5.61. The van der Waals surface area contributed by atoms with Gasteiger partial charge in [0.25, 0.3) is 0 Å². The molecule has 0 aliphatic carbocycles. The van der Waals surface area contributed by atoms with Crippen LogP contribution in [0.15, 0.2) is 48.7 Å². The molecule has 2 N–H and O–H groups in total. The topological polar surface area (TPSA) is 26.0 Å². The predicted octanol–water partition coefficient (Wildman–Crippen LogP) is 2.54. The molecule has 19 heavy (non-hydrogen) atoms. The zero-order valence-corrected chi connectivity index (χ0v) is 11.4. The fourth-order valence-corrected chi connectivity index (χ4v) is 2.42. The summed E-state index contributed by atoms with van der Waals surface area (Å²) >= 11 is 0. The van der Waals surface area contributed by atoms with Crippen molar-refractivity contribution in [3.8, 4) is 0 Å². The summed E-state index contributed by atoms with van der Waals surface area (Å²) in [5, 5.41) is 4.46. The van der Waals surface area contributed by atoms with Gasteiger partial charge in [-0.1, -0.05) is 50.1 Å². The number of nitrogens with two attached hydrogens (primary N) is 1. The van der Waals surface area contributed by atoms with Gasteiger partial charge in [0.1, 0.15) is 0 Å². The summed E-state index contributed by atoms with van der Waals surface area (Å²) in [5.41, 5.74) is 8.99. The SMILES string of the molecule is C=C/C(=C\N)Cc1c(C)c(=C)c2ccccc2c1=C. The van der Waals surface area contributed by atoms with E-state index in [-0.39, 0.29) is 0 Å². The zero-order chi connectivity index (χ0) is 14.0. The van der Waals surface area contributed by atoms with Gasteiger partial charge >= 0.3 is 0 Å². The number of rotatable bonds is 3. The van der Waals surface area contributed by atoms with Crippen LogP contribution in [0, 0.1) is 6.92 Å². The second-order valence-electron chi connectivity index (χ2n) is 4.73. The van der Waals surface area contributed by atoms with Crippen molar-refractivity contribution < 1.29 is 0 Å². The first-order valence-corrected chi connectivity index (χ1v) is 6.31. The molecule has 0 bridgehead atoms. The van der Waals surface area contributed by atoms with Crippen molar-refractivity contribution in [3.05, 3.63) is 70.3 Å². The van der Waals surface area contributed by atoms with E-state index >= 15 is 0 Å². The van der Waals surface area contributed by atoms with E-state index in [1.54, 1.807) is 12.3 Å². The Kier molecular flexibility index (Phi) is 3.57. The van der Waals surface area contributed by atoms with Gasteiger partial charge in [-0.15, -0.1) is 0 Å². The third-order valence-electron chi connectivity index (χ3n) is 3.70. The average Bonchev–Trinajstić information content (AvgIpc) is 2.45. The van der Waals surface area contributed by atoms with Crippen LogP contribution in [0.4, 0.5) is 0 Å². The maximum Gasteiger partial charge on any atom is -0.000300 e. The van der Waals surface area contributed by atoms with E-state index in [1.165, 1.54) is 16.5 Å². The third-order valence-corrected chi connectivity index (χ3v) is 3.70. The minimum absolute atomic E-state index is 0.748. The van der Waals surface area contributed by atoms with Crippen LogP contribution >= 0.6 is 0 Å². The van der Waals surface area contributed by atoms with Gasteiger partial charge < -0.3 is 5.73 Å². The largest absolute Gasteiger partial charge is 0.404 e. The molecule has 0 radical (unpaired) electrons. The molecule has 0 amide bonds. The van der Waals surface area contributed by atoms with Crippen LogP contribution in [-0.4, -0.2) is 0 Å². The summed E-state index contributed by atoms with van der Waals surface area (Å²) in [6, 6.07) is 8.25. The highest BCUT2D eigenvalue weighted by atomic mass is 14.5. The van der Waals surface area contributed by atoms with Crippen LogP contribution in [0.3, 0.4) is 0 Å². The van der Waals surface area contributed by atoms with Crippen molar-refractivity contribution in [1.29, 1.82) is 0 Å². The third kappa shape index (κ3) is 2.19. The Bertz CT molecular complexity index is 766. The normalized spacial score (nSPS) is 11.7. The lowest BCUT2D eigenvalue weighted by Crippen LogP contribution is -2.20. The highest BCUT2D eigenvalue weighted by Crippen LogP contribution is 2.12. The molecule has 0 aliphatic heterocycles. The monoisotopic (exact) mass is 249 g/mol. The molecule has 0 spiro atoms. The Balaban J connectivity index is 2.79. The van der Waals surface area contributed by atoms with E-state index in [9.17, 15) is 0 Å². The van der Waals surface area contributed by atoms with E-state index in [0.717, 1.165) is 27.8 Å². The first-order chi connectivity index (χ1) is 9.10. The second-order valence-corrected chi connectivity index (χ2v) is 4.73. The smallest absolute Gasteiger partial charge is 0.000300 e. The molecule has 0 saturated heterocycles. The molecule has 0 heterocycles. The van der Waals surface area contributed by atoms with Crippen LogP contribution in [0.2, 0.25) is 0 Å². The maximum absolute atomic E-state index is 5.61. The summed E-state index contributed by atoms with van der Waals surface area (Å²) in [6.45, 7) is 14.3. The van der Waals surface area contributed by atoms with Gasteiger partial charge in [0, 0.05) is 0 Å². The Morgan fingerprint density at radius 1 is 1.16 bits per heavy atom. The molecule has 2 rings (SSSR count). The van der Waals surface area contributed by atoms with E-state index < -0.39 is 0 Å². The van der Waals surface area contributed by atoms with Crippen LogP contribution in [-0.2, 0) is 6.42 Å². The molecule has 2 aromatic rings. The molecule has 96 valence electrons. The molecular weight excluding hydrogens is 230 g/mol. The van der Waals surface area contributed by atoms with Gasteiger partial charge in [0.2, 0.25) is 0 Å². The molecule has 0 saturated carbocycles. The number of benzene rings is 2. The lowest BCUT2D eigenvalue weighted by molar-refractivity contribution is 1.13. The van der Waals surface area contributed by atoms with E-state index in [1.807, 2.05) is 12.1 Å². The standard InChI is InChI=1S/C18H19N/c1-5-15(11-19)10-18-13(3)12(2)16-8-6-7-9-17(16)14(18)4/h5-9,11H,1-2,4,10,19H2,3H3/b15-11+. The van der Waals surface area contributed by atoms with Gasteiger partial charge in [-0.3, -0.25) is 0 Å². The Labute approximate surface area is 114 Å². The Morgan fingerprint density at radius 3 is 2.26 bits per heavy atom. The highest BCUT2D eigenvalue weighted by Gasteiger charge is 2.07. The fourth-order valence-electron chi connectivity index (χ4n) is 2.42. The summed E-state index contributed by atoms with van der Waals surface area (Å²) in [5.74, 6) is 0. The number of hydrogen-bond acceptors (Lipinski definition) is 1. The average molecular weight is 249 g/mol. The highest BCUT2D eigenvalue weighted by molar-refractivity contribution is 5.85. The predicted molar refractivity (Wildman–Crippen MR) is 85.2 cm³/mol. The lowest BCUT2D eigenvalue weighted by Gasteiger charge is -2.12. The molecule has 1 nitrogen and oxygen atoms in total. The van der Waals surface area contributed by atoms with Gasteiger partial charge in [-0.2, -0.15) is 0 Å². The first kappa shape index (κ1) is 13.2. The zero-order valence-electron chi connectivity index (χ0n) is 11.4. The molecule has 0 aromatic heterocycles. The van der Waals surface area contributed by atoms with Crippen LogP contribution < -0.4 is 16.2 Å². The van der Waals surface area contributed by atoms with Gasteiger partial charge in [0.15, 0.2) is 0 Å². The summed E-state index contributed by atoms with van der Waals surface area (Å²) in [7, 11) is 0. The van der Waals surface area contributed by atoms with Crippen LogP contribution in [0.25, 0.3) is 23.9 Å². The molecule has 1 heteroatoms. The van der Waals surface area contributed by atoms with E-state index in [0.29, 0.717) is 0 Å². The van der Waals surface area contributed by atoms with Gasteiger partial charge in [-0.05, 0) is 57.5 Å². The first-order valence-electron chi connectivity index (χ1n) is 6.31. The number of allylic oxidation sites excluding steroid dienone is 2. The summed E-state index contributed by atoms with van der Waals surface area (Å²) < 4.78 is 0. The quantitative estimate of drug-likeness (QED) is 0.831.